The molecule has 1 rings (SSSR count). The fraction of sp³-hybridized carbons (Fsp3) is 0.462. The minimum absolute atomic E-state index is 0.373. The fourth-order valence-electron chi connectivity index (χ4n) is 1.27. The predicted molar refractivity (Wildman–Crippen MR) is 73.1 cm³/mol. The lowest BCUT2D eigenvalue weighted by Gasteiger charge is -2.15. The number of hydrogen-bond acceptors (Lipinski definition) is 2. The van der Waals surface area contributed by atoms with E-state index in [9.17, 15) is 8.60 Å². The van der Waals surface area contributed by atoms with Crippen LogP contribution in [0.4, 0.5) is 4.39 Å². The van der Waals surface area contributed by atoms with E-state index in [4.69, 9.17) is 4.74 Å². The number of hydrogen-bond donors (Lipinski definition) is 0. The zero-order valence-electron chi connectivity index (χ0n) is 11.3. The van der Waals surface area contributed by atoms with E-state index in [2.05, 4.69) is 4.40 Å². The van der Waals surface area contributed by atoms with Crippen LogP contribution >= 0.6 is 0 Å². The Kier molecular flexibility index (Phi) is 4.62. The highest BCUT2D eigenvalue weighted by molar-refractivity contribution is 7.85. The molecule has 100 valence electrons. The van der Waals surface area contributed by atoms with Crippen LogP contribution in [0.25, 0.3) is 0 Å². The number of halogens is 1. The Labute approximate surface area is 110 Å². The van der Waals surface area contributed by atoms with Crippen molar-refractivity contribution in [3.05, 3.63) is 29.6 Å². The smallest absolute Gasteiger partial charge is 0.145 e. The molecule has 0 saturated heterocycles. The van der Waals surface area contributed by atoms with Gasteiger partial charge in [0, 0.05) is 5.56 Å². The van der Waals surface area contributed by atoms with Crippen molar-refractivity contribution >= 4 is 16.7 Å². The average molecular weight is 271 g/mol. The Balaban J connectivity index is 3.18. The van der Waals surface area contributed by atoms with E-state index in [1.165, 1.54) is 25.3 Å². The number of methoxy groups -OCH3 is 1. The molecule has 0 saturated carbocycles. The molecule has 0 heterocycles. The molecule has 0 spiro atoms. The number of nitrogens with zero attached hydrogens (tertiary/aromatic N) is 1. The fourth-order valence-corrected chi connectivity index (χ4v) is 1.89. The first-order valence-electron chi connectivity index (χ1n) is 5.57. The third-order valence-corrected chi connectivity index (χ3v) is 3.78. The molecule has 0 aliphatic carbocycles. The summed E-state index contributed by atoms with van der Waals surface area (Å²) in [6, 6.07) is 4.18. The van der Waals surface area contributed by atoms with Gasteiger partial charge in [-0.1, -0.05) is 0 Å². The summed E-state index contributed by atoms with van der Waals surface area (Å²) in [5.41, 5.74) is 1.02. The van der Waals surface area contributed by atoms with Gasteiger partial charge in [-0.05, 0) is 45.9 Å². The number of benzene rings is 1. The van der Waals surface area contributed by atoms with Crippen LogP contribution in [0.5, 0.6) is 5.75 Å². The first kappa shape index (κ1) is 14.8. The SMILES string of the molecule is COc1ccc(F)cc1/C(C)=N/[S@@](=O)C(C)(C)C. The highest BCUT2D eigenvalue weighted by Gasteiger charge is 2.20. The molecule has 0 aliphatic heterocycles. The molecule has 5 heteroatoms. The summed E-state index contributed by atoms with van der Waals surface area (Å²) in [5, 5.41) is 0. The lowest BCUT2D eigenvalue weighted by atomic mass is 10.1. The molecule has 0 radical (unpaired) electrons. The first-order chi connectivity index (χ1) is 8.25. The molecule has 1 aromatic carbocycles. The van der Waals surface area contributed by atoms with Crippen molar-refractivity contribution in [1.29, 1.82) is 0 Å². The van der Waals surface area contributed by atoms with E-state index in [1.54, 1.807) is 6.92 Å². The van der Waals surface area contributed by atoms with Gasteiger partial charge in [0.2, 0.25) is 0 Å². The Morgan fingerprint density at radius 3 is 2.50 bits per heavy atom. The van der Waals surface area contributed by atoms with Gasteiger partial charge in [-0.15, -0.1) is 0 Å². The second-order valence-corrected chi connectivity index (χ2v) is 6.79. The topological polar surface area (TPSA) is 38.7 Å². The highest BCUT2D eigenvalue weighted by atomic mass is 32.2. The van der Waals surface area contributed by atoms with E-state index in [0.29, 0.717) is 17.0 Å². The molecule has 1 atom stereocenters. The van der Waals surface area contributed by atoms with Gasteiger partial charge < -0.3 is 4.74 Å². The van der Waals surface area contributed by atoms with Gasteiger partial charge in [0.15, 0.2) is 0 Å². The molecule has 18 heavy (non-hydrogen) atoms. The second kappa shape index (κ2) is 5.61. The second-order valence-electron chi connectivity index (χ2n) is 4.88. The molecule has 0 aromatic heterocycles. The van der Waals surface area contributed by atoms with Crippen molar-refractivity contribution in [1.82, 2.24) is 0 Å². The zero-order valence-corrected chi connectivity index (χ0v) is 12.1. The monoisotopic (exact) mass is 271 g/mol. The largest absolute Gasteiger partial charge is 0.496 e. The molecular formula is C13H18FNO2S. The van der Waals surface area contributed by atoms with Crippen LogP contribution in [0.2, 0.25) is 0 Å². The van der Waals surface area contributed by atoms with Crippen LogP contribution in [0.15, 0.2) is 22.6 Å². The normalized spacial score (nSPS) is 14.4. The van der Waals surface area contributed by atoms with Gasteiger partial charge >= 0.3 is 0 Å². The first-order valence-corrected chi connectivity index (χ1v) is 6.67. The van der Waals surface area contributed by atoms with Crippen LogP contribution in [0.1, 0.15) is 33.3 Å². The third-order valence-electron chi connectivity index (χ3n) is 2.30. The maximum absolute atomic E-state index is 13.2. The summed E-state index contributed by atoms with van der Waals surface area (Å²) in [4.78, 5) is 0. The van der Waals surface area contributed by atoms with E-state index in [-0.39, 0.29) is 5.82 Å². The molecule has 0 amide bonds. The van der Waals surface area contributed by atoms with Crippen LogP contribution < -0.4 is 4.74 Å². The summed E-state index contributed by atoms with van der Waals surface area (Å²) in [6.45, 7) is 7.20. The van der Waals surface area contributed by atoms with E-state index >= 15 is 0 Å². The van der Waals surface area contributed by atoms with Crippen molar-refractivity contribution in [2.45, 2.75) is 32.4 Å². The molecule has 0 unspecified atom stereocenters. The van der Waals surface area contributed by atoms with Crippen LogP contribution in [0.3, 0.4) is 0 Å². The maximum Gasteiger partial charge on any atom is 0.145 e. The van der Waals surface area contributed by atoms with Crippen molar-refractivity contribution < 1.29 is 13.3 Å². The van der Waals surface area contributed by atoms with E-state index in [1.807, 2.05) is 20.8 Å². The summed E-state index contributed by atoms with van der Waals surface area (Å²) in [6.07, 6.45) is 0. The molecule has 3 nitrogen and oxygen atoms in total. The van der Waals surface area contributed by atoms with Crippen molar-refractivity contribution in [3.63, 3.8) is 0 Å². The average Bonchev–Trinajstić information content (AvgIpc) is 2.27. The lowest BCUT2D eigenvalue weighted by molar-refractivity contribution is 0.413. The third kappa shape index (κ3) is 3.63. The minimum atomic E-state index is -1.37. The van der Waals surface area contributed by atoms with Crippen molar-refractivity contribution in [2.75, 3.05) is 7.11 Å². The van der Waals surface area contributed by atoms with E-state index in [0.717, 1.165) is 0 Å². The lowest BCUT2D eigenvalue weighted by Crippen LogP contribution is -2.20. The number of ether oxygens (including phenoxy) is 1. The highest BCUT2D eigenvalue weighted by Crippen LogP contribution is 2.21. The summed E-state index contributed by atoms with van der Waals surface area (Å²) in [5.74, 6) is 0.144. The van der Waals surface area contributed by atoms with Crippen LogP contribution in [-0.4, -0.2) is 21.8 Å². The van der Waals surface area contributed by atoms with E-state index < -0.39 is 15.7 Å². The van der Waals surface area contributed by atoms with Gasteiger partial charge in [-0.3, -0.25) is 0 Å². The molecular weight excluding hydrogens is 253 g/mol. The Bertz CT molecular complexity index is 492. The Hall–Kier alpha value is -1.23. The van der Waals surface area contributed by atoms with Gasteiger partial charge in [-0.25, -0.2) is 8.60 Å². The van der Waals surface area contributed by atoms with Crippen LogP contribution in [0, 0.1) is 5.82 Å². The summed E-state index contributed by atoms with van der Waals surface area (Å²) >= 11 is 0. The molecule has 0 aliphatic rings. The van der Waals surface area contributed by atoms with Crippen LogP contribution in [-0.2, 0) is 11.0 Å². The standard InChI is InChI=1S/C13H18FNO2S/c1-9(15-18(16)13(2,3)4)11-8-10(14)6-7-12(11)17-5/h6-8H,1-5H3/b15-9+/t18-/m0/s1. The minimum Gasteiger partial charge on any atom is -0.496 e. The Morgan fingerprint density at radius 1 is 1.39 bits per heavy atom. The molecule has 1 aromatic rings. The Morgan fingerprint density at radius 2 is 2.00 bits per heavy atom. The predicted octanol–water partition coefficient (Wildman–Crippen LogP) is 3.11. The molecule has 0 N–H and O–H groups in total. The quantitative estimate of drug-likeness (QED) is 0.792. The summed E-state index contributed by atoms with van der Waals surface area (Å²) < 4.78 is 34.0. The maximum atomic E-state index is 13.2. The zero-order chi connectivity index (χ0) is 13.9. The summed E-state index contributed by atoms with van der Waals surface area (Å²) in [7, 11) is 0.130. The van der Waals surface area contributed by atoms with Gasteiger partial charge in [0.25, 0.3) is 0 Å². The molecule has 0 fully saturated rings. The molecule has 0 bridgehead atoms. The van der Waals surface area contributed by atoms with Crippen molar-refractivity contribution in [2.24, 2.45) is 4.40 Å². The van der Waals surface area contributed by atoms with Gasteiger partial charge in [0.05, 0.1) is 17.6 Å². The van der Waals surface area contributed by atoms with Gasteiger partial charge in [-0.2, -0.15) is 4.40 Å². The van der Waals surface area contributed by atoms with Gasteiger partial charge in [0.1, 0.15) is 22.6 Å². The number of rotatable bonds is 3. The van der Waals surface area contributed by atoms with Crippen molar-refractivity contribution in [3.8, 4) is 5.75 Å².